The van der Waals surface area contributed by atoms with Gasteiger partial charge in [0.2, 0.25) is 5.69 Å². The monoisotopic (exact) mass is 539 g/mol. The molecule has 2 heterocycles. The zero-order valence-corrected chi connectivity index (χ0v) is 24.9. The smallest absolute Gasteiger partial charge is 0.210 e. The van der Waals surface area contributed by atoms with E-state index in [9.17, 15) is 0 Å². The van der Waals surface area contributed by atoms with E-state index in [4.69, 9.17) is 0 Å². The lowest BCUT2D eigenvalue weighted by atomic mass is 9.77. The average molecular weight is 540 g/mol. The van der Waals surface area contributed by atoms with Crippen molar-refractivity contribution in [3.63, 3.8) is 0 Å². The summed E-state index contributed by atoms with van der Waals surface area (Å²) in [5.41, 5.74) is 13.2. The van der Waals surface area contributed by atoms with Gasteiger partial charge < -0.3 is 4.90 Å². The molecule has 1 unspecified atom stereocenters. The van der Waals surface area contributed by atoms with Crippen molar-refractivity contribution in [2.75, 3.05) is 30.5 Å². The number of hydrogen-bond acceptors (Lipinski definition) is 3. The fraction of sp³-hybridized carbons (Fsp3) is 0.382. The Labute approximate surface area is 237 Å². The average Bonchev–Trinajstić information content (AvgIpc) is 3.47. The van der Waals surface area contributed by atoms with Crippen LogP contribution in [-0.4, -0.2) is 35.9 Å². The maximum atomic E-state index is 2.53. The molecular weight excluding hydrogens is 501 g/mol. The van der Waals surface area contributed by atoms with Gasteiger partial charge in [-0.3, -0.25) is 0 Å². The van der Waals surface area contributed by atoms with Crippen LogP contribution in [0.1, 0.15) is 50.7 Å². The molecule has 2 aromatic carbocycles. The Balaban J connectivity index is 1.28. The van der Waals surface area contributed by atoms with E-state index in [0.29, 0.717) is 0 Å². The van der Waals surface area contributed by atoms with Crippen LogP contribution in [0.15, 0.2) is 92.9 Å². The number of likely N-dealkylation sites (N-methyl/N-ethyl adjacent to an activating group) is 1. The second-order valence-electron chi connectivity index (χ2n) is 10.8. The van der Waals surface area contributed by atoms with Gasteiger partial charge in [0, 0.05) is 51.8 Å². The molecule has 0 spiro atoms. The second-order valence-corrected chi connectivity index (χ2v) is 12.6. The number of rotatable bonds is 6. The first-order chi connectivity index (χ1) is 18.6. The number of fused-ring (bicyclic) bond motifs is 3. The van der Waals surface area contributed by atoms with Gasteiger partial charge in [0.05, 0.1) is 6.42 Å². The topological polar surface area (TPSA) is 6.25 Å². The van der Waals surface area contributed by atoms with Crippen molar-refractivity contribution >= 4 is 40.6 Å². The number of hydrogen-bond donors (Lipinski definition) is 0. The van der Waals surface area contributed by atoms with E-state index in [1.54, 1.807) is 5.57 Å². The van der Waals surface area contributed by atoms with Crippen LogP contribution in [0.2, 0.25) is 0 Å². The van der Waals surface area contributed by atoms with E-state index in [-0.39, 0.29) is 0 Å². The lowest BCUT2D eigenvalue weighted by Crippen LogP contribution is -2.19. The Morgan fingerprint density at radius 1 is 0.895 bits per heavy atom. The first kappa shape index (κ1) is 25.8. The van der Waals surface area contributed by atoms with Crippen LogP contribution in [0, 0.1) is 5.92 Å². The Morgan fingerprint density at radius 2 is 1.66 bits per heavy atom. The number of thioether (sulfide) groups is 2. The third-order valence-electron chi connectivity index (χ3n) is 8.68. The van der Waals surface area contributed by atoms with Gasteiger partial charge in [0.25, 0.3) is 0 Å². The summed E-state index contributed by atoms with van der Waals surface area (Å²) in [7, 11) is 0. The fourth-order valence-electron chi connectivity index (χ4n) is 6.70. The summed E-state index contributed by atoms with van der Waals surface area (Å²) in [4.78, 5) is 5.23. The van der Waals surface area contributed by atoms with Gasteiger partial charge in [-0.1, -0.05) is 24.3 Å². The van der Waals surface area contributed by atoms with Crippen molar-refractivity contribution in [2.45, 2.75) is 62.2 Å². The Morgan fingerprint density at radius 3 is 2.42 bits per heavy atom. The highest BCUT2D eigenvalue weighted by Crippen LogP contribution is 2.41. The standard InChI is InChI=1S/C34H39N2S2/c1-5-35-29(19-26-11-13-31(37-3)21-33(26)35)17-23-7-9-25-10-8-24(16-28(25)15-23)18-30-20-27-12-14-32(38-4)22-34(27)36(30)6-2/h11-18,21-22,25H,5-10,19-20H2,1-4H3/q+1. The van der Waals surface area contributed by atoms with Crippen LogP contribution in [-0.2, 0) is 12.8 Å². The molecule has 2 aliphatic carbocycles. The maximum absolute atomic E-state index is 2.53. The summed E-state index contributed by atoms with van der Waals surface area (Å²) in [6, 6.07) is 13.9. The van der Waals surface area contributed by atoms with Crippen LogP contribution in [0.3, 0.4) is 0 Å². The largest absolute Gasteiger partial charge is 0.345 e. The van der Waals surface area contributed by atoms with E-state index in [1.165, 1.54) is 80.5 Å². The van der Waals surface area contributed by atoms with Gasteiger partial charge in [-0.25, -0.2) is 0 Å². The van der Waals surface area contributed by atoms with Crippen molar-refractivity contribution < 1.29 is 4.58 Å². The van der Waals surface area contributed by atoms with Crippen molar-refractivity contribution in [2.24, 2.45) is 5.92 Å². The van der Waals surface area contributed by atoms with Gasteiger partial charge in [-0.05, 0) is 105 Å². The highest BCUT2D eigenvalue weighted by Gasteiger charge is 2.30. The summed E-state index contributed by atoms with van der Waals surface area (Å²) in [6.45, 7) is 6.60. The van der Waals surface area contributed by atoms with Crippen LogP contribution in [0.4, 0.5) is 11.4 Å². The zero-order valence-electron chi connectivity index (χ0n) is 23.2. The fourth-order valence-corrected chi connectivity index (χ4v) is 7.57. The van der Waals surface area contributed by atoms with E-state index < -0.39 is 0 Å². The Bertz CT molecular complexity index is 1420. The van der Waals surface area contributed by atoms with Crippen molar-refractivity contribution in [1.82, 2.24) is 0 Å². The molecular formula is C34H39N2S2+. The van der Waals surface area contributed by atoms with E-state index >= 15 is 0 Å². The highest BCUT2D eigenvalue weighted by molar-refractivity contribution is 7.98. The summed E-state index contributed by atoms with van der Waals surface area (Å²) in [5, 5.41) is 0. The van der Waals surface area contributed by atoms with E-state index in [1.807, 2.05) is 23.5 Å². The molecule has 0 fully saturated rings. The minimum absolute atomic E-state index is 0.721. The van der Waals surface area contributed by atoms with Gasteiger partial charge >= 0.3 is 0 Å². The van der Waals surface area contributed by atoms with E-state index in [2.05, 4.69) is 96.5 Å². The van der Waals surface area contributed by atoms with Crippen molar-refractivity contribution in [1.29, 1.82) is 0 Å². The molecule has 2 nitrogen and oxygen atoms in total. The van der Waals surface area contributed by atoms with E-state index in [0.717, 1.165) is 31.8 Å². The van der Waals surface area contributed by atoms with Crippen LogP contribution in [0.25, 0.3) is 0 Å². The predicted octanol–water partition coefficient (Wildman–Crippen LogP) is 8.74. The second kappa shape index (κ2) is 11.0. The SMILES string of the molecule is CCN1/C(=C/C2=CC3=C/C(=C/C4=[N+](CC)c5cc(SC)ccc5C4)CCC3CC2)Cc2ccc(SC)cc21. The molecule has 2 aliphatic heterocycles. The van der Waals surface area contributed by atoms with Crippen LogP contribution >= 0.6 is 23.5 Å². The van der Waals surface area contributed by atoms with Crippen molar-refractivity contribution in [3.8, 4) is 0 Å². The number of anilines is 1. The summed E-state index contributed by atoms with van der Waals surface area (Å²) in [5.74, 6) is 0.721. The normalized spacial score (nSPS) is 22.5. The lowest BCUT2D eigenvalue weighted by molar-refractivity contribution is -0.432. The summed E-state index contributed by atoms with van der Waals surface area (Å²) >= 11 is 3.66. The molecule has 6 rings (SSSR count). The quantitative estimate of drug-likeness (QED) is 0.268. The minimum Gasteiger partial charge on any atom is -0.345 e. The van der Waals surface area contributed by atoms with Crippen LogP contribution in [0.5, 0.6) is 0 Å². The molecule has 4 heteroatoms. The molecule has 0 N–H and O–H groups in total. The summed E-state index contributed by atoms with van der Waals surface area (Å²) < 4.78 is 2.53. The Hall–Kier alpha value is -2.43. The Kier molecular flexibility index (Phi) is 7.46. The lowest BCUT2D eigenvalue weighted by Gasteiger charge is -2.29. The third kappa shape index (κ3) is 4.86. The third-order valence-corrected chi connectivity index (χ3v) is 10.1. The molecule has 2 aromatic rings. The first-order valence-corrected chi connectivity index (χ1v) is 16.6. The molecule has 0 radical (unpaired) electrons. The number of benzene rings is 2. The highest BCUT2D eigenvalue weighted by atomic mass is 32.2. The molecule has 1 atom stereocenters. The first-order valence-electron chi connectivity index (χ1n) is 14.2. The molecule has 0 aromatic heterocycles. The predicted molar refractivity (Wildman–Crippen MR) is 167 cm³/mol. The van der Waals surface area contributed by atoms with Gasteiger partial charge in [0.1, 0.15) is 6.54 Å². The minimum atomic E-state index is 0.721. The molecule has 38 heavy (non-hydrogen) atoms. The zero-order chi connectivity index (χ0) is 26.2. The molecule has 0 saturated carbocycles. The van der Waals surface area contributed by atoms with Gasteiger partial charge in [-0.15, -0.1) is 23.5 Å². The molecule has 0 saturated heterocycles. The summed E-state index contributed by atoms with van der Waals surface area (Å²) in [6.07, 6.45) is 21.4. The molecule has 4 aliphatic rings. The van der Waals surface area contributed by atoms with Crippen LogP contribution < -0.4 is 4.90 Å². The van der Waals surface area contributed by atoms with Gasteiger partial charge in [0.15, 0.2) is 5.71 Å². The maximum Gasteiger partial charge on any atom is 0.210 e. The molecule has 0 bridgehead atoms. The number of allylic oxidation sites excluding steroid dienone is 8. The van der Waals surface area contributed by atoms with Crippen molar-refractivity contribution in [3.05, 3.63) is 94.2 Å². The molecule has 0 amide bonds. The molecule has 196 valence electrons. The number of nitrogens with zero attached hydrogens (tertiary/aromatic N) is 2. The van der Waals surface area contributed by atoms with Gasteiger partial charge in [-0.2, -0.15) is 4.58 Å².